The van der Waals surface area contributed by atoms with Gasteiger partial charge in [0.25, 0.3) is 5.91 Å². The number of halogens is 2. The largest absolute Gasteiger partial charge is 0.351 e. The Morgan fingerprint density at radius 1 is 1.33 bits per heavy atom. The van der Waals surface area contributed by atoms with E-state index in [0.29, 0.717) is 28.0 Å². The van der Waals surface area contributed by atoms with E-state index in [9.17, 15) is 9.59 Å². The number of hydrazine groups is 1. The van der Waals surface area contributed by atoms with E-state index in [1.165, 1.54) is 4.57 Å². The van der Waals surface area contributed by atoms with Gasteiger partial charge in [-0.1, -0.05) is 30.1 Å². The van der Waals surface area contributed by atoms with Gasteiger partial charge in [0.05, 0.1) is 5.69 Å². The third-order valence-corrected chi connectivity index (χ3v) is 3.22. The van der Waals surface area contributed by atoms with E-state index >= 15 is 0 Å². The highest BCUT2D eigenvalue weighted by molar-refractivity contribution is 6.34. The second kappa shape index (κ2) is 6.30. The molecular formula is C12H13Cl2N5O2. The van der Waals surface area contributed by atoms with Gasteiger partial charge in [0.1, 0.15) is 12.4 Å². The maximum atomic E-state index is 12.4. The van der Waals surface area contributed by atoms with Gasteiger partial charge in [0.2, 0.25) is 0 Å². The molecule has 0 bridgehead atoms. The van der Waals surface area contributed by atoms with Gasteiger partial charge in [0.15, 0.2) is 0 Å². The lowest BCUT2D eigenvalue weighted by molar-refractivity contribution is -0.121. The number of nitrogens with two attached hydrogens (primary N) is 1. The number of nitrogens with zero attached hydrogens (tertiary/aromatic N) is 3. The van der Waals surface area contributed by atoms with Crippen molar-refractivity contribution in [2.75, 3.05) is 0 Å². The van der Waals surface area contributed by atoms with Gasteiger partial charge in [-0.15, -0.1) is 0 Å². The summed E-state index contributed by atoms with van der Waals surface area (Å²) in [6.45, 7) is 1.58. The molecule has 0 saturated heterocycles. The van der Waals surface area contributed by atoms with Crippen molar-refractivity contribution in [3.8, 4) is 5.69 Å². The first-order valence-electron chi connectivity index (χ1n) is 6.11. The molecule has 0 aliphatic rings. The number of aryl methyl sites for hydroxylation is 1. The van der Waals surface area contributed by atoms with Crippen molar-refractivity contribution in [1.82, 2.24) is 19.8 Å². The minimum absolute atomic E-state index is 0.260. The molecule has 0 aliphatic heterocycles. The topological polar surface area (TPSA) is 94.9 Å². The maximum absolute atomic E-state index is 12.4. The zero-order chi connectivity index (χ0) is 15.6. The molecule has 0 fully saturated rings. The number of carbonyl (C=O) groups excluding carboxylic acids is 1. The van der Waals surface area contributed by atoms with E-state index < -0.39 is 11.6 Å². The van der Waals surface area contributed by atoms with Gasteiger partial charge in [-0.05, 0) is 18.2 Å². The fourth-order valence-corrected chi connectivity index (χ4v) is 2.41. The third kappa shape index (κ3) is 3.26. The molecule has 1 aromatic heterocycles. The van der Waals surface area contributed by atoms with Crippen LogP contribution < -0.4 is 17.0 Å². The summed E-state index contributed by atoms with van der Waals surface area (Å²) in [7, 11) is 0. The van der Waals surface area contributed by atoms with Crippen LogP contribution in [-0.2, 0) is 17.8 Å². The fourth-order valence-electron chi connectivity index (χ4n) is 1.89. The normalized spacial score (nSPS) is 10.7. The van der Waals surface area contributed by atoms with Crippen molar-refractivity contribution < 1.29 is 4.79 Å². The first-order valence-corrected chi connectivity index (χ1v) is 6.86. The molecule has 2 aromatic rings. The minimum atomic E-state index is -0.520. The standard InChI is InChI=1S/C12H13Cl2N5O2/c1-2-10-17-18(6-11(20)16-15)12(21)19(10)9-4-7(13)3-8(14)5-9/h3-5H,2,6,15H2,1H3,(H,16,20). The Kier molecular flexibility index (Phi) is 4.66. The van der Waals surface area contributed by atoms with Crippen LogP contribution in [0.3, 0.4) is 0 Å². The summed E-state index contributed by atoms with van der Waals surface area (Å²) in [5.41, 5.74) is 1.99. The lowest BCUT2D eigenvalue weighted by Gasteiger charge is -2.05. The number of nitrogens with one attached hydrogen (secondary N) is 1. The van der Waals surface area contributed by atoms with E-state index in [2.05, 4.69) is 5.10 Å². The van der Waals surface area contributed by atoms with Gasteiger partial charge < -0.3 is 0 Å². The predicted octanol–water partition coefficient (Wildman–Crippen LogP) is 0.893. The summed E-state index contributed by atoms with van der Waals surface area (Å²) in [5, 5.41) is 4.92. The van der Waals surface area contributed by atoms with Crippen LogP contribution in [0.1, 0.15) is 12.7 Å². The summed E-state index contributed by atoms with van der Waals surface area (Å²) in [4.78, 5) is 23.7. The molecule has 9 heteroatoms. The molecule has 0 spiro atoms. The van der Waals surface area contributed by atoms with Crippen molar-refractivity contribution in [1.29, 1.82) is 0 Å². The Morgan fingerprint density at radius 2 is 1.95 bits per heavy atom. The Bertz CT molecular complexity index is 717. The van der Waals surface area contributed by atoms with E-state index in [-0.39, 0.29) is 6.54 Å². The first kappa shape index (κ1) is 15.6. The Labute approximate surface area is 130 Å². The molecule has 1 heterocycles. The third-order valence-electron chi connectivity index (χ3n) is 2.78. The molecule has 0 aliphatic carbocycles. The van der Waals surface area contributed by atoms with Crippen molar-refractivity contribution >= 4 is 29.1 Å². The SMILES string of the molecule is CCc1nn(CC(=O)NN)c(=O)n1-c1cc(Cl)cc(Cl)c1. The van der Waals surface area contributed by atoms with Gasteiger partial charge in [-0.25, -0.2) is 19.9 Å². The maximum Gasteiger partial charge on any atom is 0.351 e. The summed E-state index contributed by atoms with van der Waals surface area (Å²) in [5.74, 6) is 4.98. The zero-order valence-electron chi connectivity index (χ0n) is 11.1. The molecule has 1 amide bonds. The van der Waals surface area contributed by atoms with Crippen LogP contribution in [0.25, 0.3) is 5.69 Å². The molecule has 112 valence electrons. The van der Waals surface area contributed by atoms with Gasteiger partial charge in [-0.3, -0.25) is 10.2 Å². The van der Waals surface area contributed by atoms with Crippen LogP contribution in [-0.4, -0.2) is 20.3 Å². The molecular weight excluding hydrogens is 317 g/mol. The molecule has 21 heavy (non-hydrogen) atoms. The van der Waals surface area contributed by atoms with E-state index in [4.69, 9.17) is 29.0 Å². The highest BCUT2D eigenvalue weighted by Crippen LogP contribution is 2.21. The minimum Gasteiger partial charge on any atom is -0.293 e. The van der Waals surface area contributed by atoms with E-state index in [1.807, 2.05) is 12.3 Å². The summed E-state index contributed by atoms with van der Waals surface area (Å²) in [6.07, 6.45) is 0.497. The highest BCUT2D eigenvalue weighted by Gasteiger charge is 2.16. The predicted molar refractivity (Wildman–Crippen MR) is 79.6 cm³/mol. The number of benzene rings is 1. The van der Waals surface area contributed by atoms with Gasteiger partial charge >= 0.3 is 5.69 Å². The molecule has 1 aromatic carbocycles. The van der Waals surface area contributed by atoms with Crippen LogP contribution in [0.5, 0.6) is 0 Å². The van der Waals surface area contributed by atoms with Crippen molar-refractivity contribution in [2.45, 2.75) is 19.9 Å². The molecule has 2 rings (SSSR count). The number of carbonyl (C=O) groups is 1. The first-order chi connectivity index (χ1) is 9.96. The quantitative estimate of drug-likeness (QED) is 0.494. The lowest BCUT2D eigenvalue weighted by atomic mass is 10.3. The Hall–Kier alpha value is -1.83. The van der Waals surface area contributed by atoms with Gasteiger partial charge in [0, 0.05) is 16.5 Å². The molecule has 0 atom stereocenters. The number of amides is 1. The molecule has 0 radical (unpaired) electrons. The molecule has 0 saturated carbocycles. The highest BCUT2D eigenvalue weighted by atomic mass is 35.5. The van der Waals surface area contributed by atoms with Crippen LogP contribution in [0, 0.1) is 0 Å². The smallest absolute Gasteiger partial charge is 0.293 e. The molecule has 0 unspecified atom stereocenters. The number of hydrogen-bond donors (Lipinski definition) is 2. The van der Waals surface area contributed by atoms with Crippen molar-refractivity contribution in [2.24, 2.45) is 5.84 Å². The lowest BCUT2D eigenvalue weighted by Crippen LogP contribution is -2.37. The summed E-state index contributed by atoms with van der Waals surface area (Å²) in [6, 6.07) is 4.77. The number of rotatable bonds is 4. The Balaban J connectivity index is 2.57. The van der Waals surface area contributed by atoms with E-state index in [1.54, 1.807) is 18.2 Å². The van der Waals surface area contributed by atoms with Gasteiger partial charge in [-0.2, -0.15) is 5.10 Å². The van der Waals surface area contributed by atoms with Crippen molar-refractivity contribution in [3.05, 3.63) is 44.6 Å². The van der Waals surface area contributed by atoms with Crippen LogP contribution in [0.2, 0.25) is 10.0 Å². The van der Waals surface area contributed by atoms with Crippen molar-refractivity contribution in [3.63, 3.8) is 0 Å². The number of hydrogen-bond acceptors (Lipinski definition) is 4. The summed E-state index contributed by atoms with van der Waals surface area (Å²) < 4.78 is 2.40. The molecule has 3 N–H and O–H groups in total. The summed E-state index contributed by atoms with van der Waals surface area (Å²) >= 11 is 11.9. The van der Waals surface area contributed by atoms with Crippen LogP contribution >= 0.6 is 23.2 Å². The monoisotopic (exact) mass is 329 g/mol. The average Bonchev–Trinajstić information content (AvgIpc) is 2.74. The second-order valence-electron chi connectivity index (χ2n) is 4.24. The average molecular weight is 330 g/mol. The van der Waals surface area contributed by atoms with Crippen LogP contribution in [0.4, 0.5) is 0 Å². The van der Waals surface area contributed by atoms with E-state index in [0.717, 1.165) is 4.68 Å². The fraction of sp³-hybridized carbons (Fsp3) is 0.250. The Morgan fingerprint density at radius 3 is 2.48 bits per heavy atom. The number of aromatic nitrogens is 3. The zero-order valence-corrected chi connectivity index (χ0v) is 12.6. The van der Waals surface area contributed by atoms with Crippen LogP contribution in [0.15, 0.2) is 23.0 Å². The second-order valence-corrected chi connectivity index (χ2v) is 5.11. The molecule has 7 nitrogen and oxygen atoms in total.